The molecule has 0 spiro atoms. The number of hydrogen-bond acceptors (Lipinski definition) is 6. The highest BCUT2D eigenvalue weighted by Gasteiger charge is 2.17. The highest BCUT2D eigenvalue weighted by molar-refractivity contribution is 5.92. The van der Waals surface area contributed by atoms with Crippen molar-refractivity contribution >= 4 is 17.5 Å². The van der Waals surface area contributed by atoms with Gasteiger partial charge in [-0.1, -0.05) is 25.7 Å². The van der Waals surface area contributed by atoms with Crippen LogP contribution in [0.3, 0.4) is 0 Å². The van der Waals surface area contributed by atoms with E-state index in [1.807, 2.05) is 18.2 Å². The van der Waals surface area contributed by atoms with Crippen LogP contribution in [0, 0.1) is 0 Å². The van der Waals surface area contributed by atoms with E-state index in [1.54, 1.807) is 12.3 Å². The van der Waals surface area contributed by atoms with Crippen LogP contribution in [0.4, 0.5) is 11.6 Å². The summed E-state index contributed by atoms with van der Waals surface area (Å²) in [6.07, 6.45) is 8.53. The van der Waals surface area contributed by atoms with Gasteiger partial charge in [0, 0.05) is 24.0 Å². The molecule has 142 valence electrons. The number of ether oxygens (including phenoxy) is 2. The molecule has 0 saturated heterocycles. The predicted octanol–water partition coefficient (Wildman–Crippen LogP) is 3.44. The Morgan fingerprint density at radius 1 is 1.00 bits per heavy atom. The topological polar surface area (TPSA) is 85.4 Å². The second-order valence-electron chi connectivity index (χ2n) is 6.91. The molecule has 7 nitrogen and oxygen atoms in total. The molecule has 1 aliphatic heterocycles. The fourth-order valence-corrected chi connectivity index (χ4v) is 3.48. The first-order valence-electron chi connectivity index (χ1n) is 9.58. The Hall–Kier alpha value is -2.83. The molecule has 2 aromatic rings. The minimum atomic E-state index is -0.144. The molecule has 2 N–H and O–H groups in total. The van der Waals surface area contributed by atoms with E-state index in [1.165, 1.54) is 25.7 Å². The van der Waals surface area contributed by atoms with Crippen molar-refractivity contribution in [3.63, 3.8) is 0 Å². The van der Waals surface area contributed by atoms with E-state index in [0.29, 0.717) is 30.6 Å². The van der Waals surface area contributed by atoms with Crippen molar-refractivity contribution in [3.05, 3.63) is 36.2 Å². The minimum Gasteiger partial charge on any atom is -0.486 e. The maximum atomic E-state index is 12.6. The van der Waals surface area contributed by atoms with E-state index >= 15 is 0 Å². The average molecular weight is 368 g/mol. The number of benzene rings is 1. The first-order valence-corrected chi connectivity index (χ1v) is 9.58. The molecule has 1 fully saturated rings. The maximum absolute atomic E-state index is 12.6. The van der Waals surface area contributed by atoms with Crippen molar-refractivity contribution in [1.29, 1.82) is 0 Å². The van der Waals surface area contributed by atoms with Crippen LogP contribution in [0.1, 0.15) is 49.0 Å². The number of anilines is 2. The third-order valence-electron chi connectivity index (χ3n) is 4.88. The fraction of sp³-hybridized carbons (Fsp3) is 0.450. The first kappa shape index (κ1) is 17.6. The molecule has 1 saturated carbocycles. The summed E-state index contributed by atoms with van der Waals surface area (Å²) in [6.45, 7) is 1.09. The molecule has 1 amide bonds. The Labute approximate surface area is 158 Å². The average Bonchev–Trinajstić information content (AvgIpc) is 2.97. The number of nitrogens with one attached hydrogen (secondary N) is 2. The van der Waals surface area contributed by atoms with Crippen LogP contribution in [0.15, 0.2) is 30.5 Å². The quantitative estimate of drug-likeness (QED) is 0.804. The van der Waals surface area contributed by atoms with E-state index in [0.717, 1.165) is 24.3 Å². The van der Waals surface area contributed by atoms with Crippen molar-refractivity contribution in [2.45, 2.75) is 44.6 Å². The third-order valence-corrected chi connectivity index (χ3v) is 4.88. The highest BCUT2D eigenvalue weighted by atomic mass is 16.6. The van der Waals surface area contributed by atoms with Gasteiger partial charge in [-0.2, -0.15) is 0 Å². The smallest absolute Gasteiger partial charge is 0.270 e. The predicted molar refractivity (Wildman–Crippen MR) is 102 cm³/mol. The van der Waals surface area contributed by atoms with E-state index < -0.39 is 0 Å². The SMILES string of the molecule is O=C(NC1CCCCCC1)c1ccnc(Nc2ccc3c(c2)OCCO3)n1. The van der Waals surface area contributed by atoms with Crippen LogP contribution in [0.5, 0.6) is 11.5 Å². The Balaban J connectivity index is 1.43. The number of amides is 1. The van der Waals surface area contributed by atoms with Gasteiger partial charge in [-0.05, 0) is 31.0 Å². The fourth-order valence-electron chi connectivity index (χ4n) is 3.48. The Morgan fingerprint density at radius 3 is 2.59 bits per heavy atom. The Morgan fingerprint density at radius 2 is 1.78 bits per heavy atom. The summed E-state index contributed by atoms with van der Waals surface area (Å²) < 4.78 is 11.1. The van der Waals surface area contributed by atoms with Gasteiger partial charge in [-0.3, -0.25) is 4.79 Å². The summed E-state index contributed by atoms with van der Waals surface area (Å²) in [7, 11) is 0. The monoisotopic (exact) mass is 368 g/mol. The van der Waals surface area contributed by atoms with E-state index in [-0.39, 0.29) is 11.9 Å². The molecule has 0 unspecified atom stereocenters. The number of aromatic nitrogens is 2. The van der Waals surface area contributed by atoms with Crippen LogP contribution in [-0.4, -0.2) is 35.1 Å². The molecule has 27 heavy (non-hydrogen) atoms. The molecule has 0 atom stereocenters. The molecular formula is C20H24N4O3. The summed E-state index contributed by atoms with van der Waals surface area (Å²) in [5.41, 5.74) is 1.15. The molecule has 2 heterocycles. The number of hydrogen-bond donors (Lipinski definition) is 2. The summed E-state index contributed by atoms with van der Waals surface area (Å²) >= 11 is 0. The van der Waals surface area contributed by atoms with Gasteiger partial charge in [-0.25, -0.2) is 9.97 Å². The number of fused-ring (bicyclic) bond motifs is 1. The second kappa shape index (κ2) is 8.24. The lowest BCUT2D eigenvalue weighted by molar-refractivity contribution is 0.0928. The number of carbonyl (C=O) groups excluding carboxylic acids is 1. The molecule has 0 bridgehead atoms. The Bertz CT molecular complexity index is 804. The molecular weight excluding hydrogens is 344 g/mol. The first-order chi connectivity index (χ1) is 13.3. The van der Waals surface area contributed by atoms with Crippen LogP contribution >= 0.6 is 0 Å². The van der Waals surface area contributed by atoms with E-state index in [2.05, 4.69) is 20.6 Å². The molecule has 1 aromatic heterocycles. The molecule has 1 aliphatic carbocycles. The van der Waals surface area contributed by atoms with Gasteiger partial charge in [-0.15, -0.1) is 0 Å². The van der Waals surface area contributed by atoms with Crippen LogP contribution in [-0.2, 0) is 0 Å². The van der Waals surface area contributed by atoms with Gasteiger partial charge in [0.05, 0.1) is 0 Å². The maximum Gasteiger partial charge on any atom is 0.270 e. The van der Waals surface area contributed by atoms with E-state index in [9.17, 15) is 4.79 Å². The van der Waals surface area contributed by atoms with Crippen LogP contribution in [0.2, 0.25) is 0 Å². The third kappa shape index (κ3) is 4.48. The van der Waals surface area contributed by atoms with Crippen LogP contribution < -0.4 is 20.1 Å². The minimum absolute atomic E-state index is 0.144. The zero-order valence-electron chi connectivity index (χ0n) is 15.2. The molecule has 7 heteroatoms. The number of carbonyl (C=O) groups is 1. The number of rotatable bonds is 4. The summed E-state index contributed by atoms with van der Waals surface area (Å²) in [4.78, 5) is 21.1. The zero-order chi connectivity index (χ0) is 18.5. The van der Waals surface area contributed by atoms with Crippen LogP contribution in [0.25, 0.3) is 0 Å². The van der Waals surface area contributed by atoms with E-state index in [4.69, 9.17) is 9.47 Å². The van der Waals surface area contributed by atoms with Crippen molar-refractivity contribution in [2.24, 2.45) is 0 Å². The summed E-state index contributed by atoms with van der Waals surface area (Å²) in [5, 5.41) is 6.24. The zero-order valence-corrected chi connectivity index (χ0v) is 15.2. The largest absolute Gasteiger partial charge is 0.486 e. The van der Waals surface area contributed by atoms with Gasteiger partial charge >= 0.3 is 0 Å². The normalized spacial score (nSPS) is 17.0. The molecule has 1 aromatic carbocycles. The molecule has 4 rings (SSSR count). The lowest BCUT2D eigenvalue weighted by Crippen LogP contribution is -2.35. The second-order valence-corrected chi connectivity index (χ2v) is 6.91. The van der Waals surface area contributed by atoms with Crippen molar-refractivity contribution in [3.8, 4) is 11.5 Å². The highest BCUT2D eigenvalue weighted by Crippen LogP contribution is 2.33. The molecule has 0 radical (unpaired) electrons. The van der Waals surface area contributed by atoms with Gasteiger partial charge in [0.25, 0.3) is 5.91 Å². The Kier molecular flexibility index (Phi) is 5.37. The lowest BCUT2D eigenvalue weighted by Gasteiger charge is -2.19. The van der Waals surface area contributed by atoms with Crippen molar-refractivity contribution in [2.75, 3.05) is 18.5 Å². The lowest BCUT2D eigenvalue weighted by atomic mass is 10.1. The molecule has 2 aliphatic rings. The summed E-state index contributed by atoms with van der Waals surface area (Å²) in [6, 6.07) is 7.44. The van der Waals surface area contributed by atoms with Gasteiger partial charge in [0.15, 0.2) is 11.5 Å². The number of nitrogens with zero attached hydrogens (tertiary/aromatic N) is 2. The van der Waals surface area contributed by atoms with Gasteiger partial charge in [0.2, 0.25) is 5.95 Å². The van der Waals surface area contributed by atoms with Crippen molar-refractivity contribution in [1.82, 2.24) is 15.3 Å². The van der Waals surface area contributed by atoms with Gasteiger partial charge in [0.1, 0.15) is 18.9 Å². The standard InChI is InChI=1S/C20H24N4O3/c25-19(22-14-5-3-1-2-4-6-14)16-9-10-21-20(24-16)23-15-7-8-17-18(13-15)27-12-11-26-17/h7-10,13-14H,1-6,11-12H2,(H,22,25)(H,21,23,24). The van der Waals surface area contributed by atoms with Gasteiger partial charge < -0.3 is 20.1 Å². The van der Waals surface area contributed by atoms with Crippen molar-refractivity contribution < 1.29 is 14.3 Å². The summed E-state index contributed by atoms with van der Waals surface area (Å²) in [5.74, 6) is 1.65.